The maximum absolute atomic E-state index is 13.2. The normalized spacial score (nSPS) is 11.0. The van der Waals surface area contributed by atoms with E-state index < -0.39 is 0 Å². The molecule has 1 aromatic heterocycles. The first-order valence-electron chi connectivity index (χ1n) is 9.91. The van der Waals surface area contributed by atoms with Crippen molar-refractivity contribution in [3.05, 3.63) is 107 Å². The van der Waals surface area contributed by atoms with E-state index in [2.05, 4.69) is 28.2 Å². The van der Waals surface area contributed by atoms with Gasteiger partial charge in [-0.15, -0.1) is 0 Å². The molecule has 0 radical (unpaired) electrons. The van der Waals surface area contributed by atoms with E-state index in [1.54, 1.807) is 24.3 Å². The predicted octanol–water partition coefficient (Wildman–Crippen LogP) is 5.22. The Morgan fingerprint density at radius 2 is 1.47 bits per heavy atom. The van der Waals surface area contributed by atoms with Gasteiger partial charge in [0, 0.05) is 36.6 Å². The Hall–Kier alpha value is -3.47. The van der Waals surface area contributed by atoms with E-state index in [4.69, 9.17) is 0 Å². The van der Waals surface area contributed by atoms with Crippen LogP contribution >= 0.6 is 0 Å². The Bertz CT molecular complexity index is 1150. The molecule has 0 saturated heterocycles. The Morgan fingerprint density at radius 1 is 0.833 bits per heavy atom. The molecular weight excluding hydrogens is 382 g/mol. The van der Waals surface area contributed by atoms with Gasteiger partial charge in [-0.2, -0.15) is 0 Å². The Labute approximate surface area is 174 Å². The molecule has 5 heteroatoms. The summed E-state index contributed by atoms with van der Waals surface area (Å²) >= 11 is 0. The minimum Gasteiger partial charge on any atom is -0.352 e. The van der Waals surface area contributed by atoms with Crippen molar-refractivity contribution in [3.63, 3.8) is 0 Å². The molecular formula is C25H22F2N2O. The van der Waals surface area contributed by atoms with Gasteiger partial charge in [-0.05, 0) is 53.4 Å². The number of nitrogens with one attached hydrogen (secondary N) is 1. The third-order valence-electron chi connectivity index (χ3n) is 5.16. The number of rotatable bonds is 7. The predicted molar refractivity (Wildman–Crippen MR) is 114 cm³/mol. The topological polar surface area (TPSA) is 34.0 Å². The summed E-state index contributed by atoms with van der Waals surface area (Å²) < 4.78 is 28.3. The van der Waals surface area contributed by atoms with Crippen molar-refractivity contribution in [2.24, 2.45) is 0 Å². The summed E-state index contributed by atoms with van der Waals surface area (Å²) in [5.74, 6) is -0.583. The van der Waals surface area contributed by atoms with E-state index in [9.17, 15) is 13.6 Å². The van der Waals surface area contributed by atoms with Gasteiger partial charge in [0.1, 0.15) is 11.6 Å². The lowest BCUT2D eigenvalue weighted by Gasteiger charge is -2.05. The van der Waals surface area contributed by atoms with Crippen LogP contribution in [-0.2, 0) is 24.3 Å². The fraction of sp³-hybridized carbons (Fsp3) is 0.160. The molecule has 1 N–H and O–H groups in total. The van der Waals surface area contributed by atoms with Gasteiger partial charge < -0.3 is 9.88 Å². The number of aromatic nitrogens is 1. The van der Waals surface area contributed by atoms with Gasteiger partial charge >= 0.3 is 0 Å². The maximum Gasteiger partial charge on any atom is 0.220 e. The van der Waals surface area contributed by atoms with Crippen LogP contribution in [0.5, 0.6) is 0 Å². The minimum atomic E-state index is -0.290. The van der Waals surface area contributed by atoms with Crippen molar-refractivity contribution in [2.75, 3.05) is 0 Å². The highest BCUT2D eigenvalue weighted by molar-refractivity contribution is 5.85. The number of hydrogen-bond acceptors (Lipinski definition) is 1. The van der Waals surface area contributed by atoms with Gasteiger partial charge in [0.25, 0.3) is 0 Å². The summed E-state index contributed by atoms with van der Waals surface area (Å²) in [6, 6.07) is 20.7. The number of nitrogens with zero attached hydrogens (tertiary/aromatic N) is 1. The van der Waals surface area contributed by atoms with Crippen molar-refractivity contribution >= 4 is 16.8 Å². The standard InChI is InChI=1S/C25H22F2N2O/c26-21-10-5-18(6-11-21)15-28-25(30)14-9-20-17-29(24-4-2-1-3-23(20)24)16-19-7-12-22(27)13-8-19/h1-8,10-13,17H,9,14-16H2,(H,28,30). The zero-order valence-electron chi connectivity index (χ0n) is 16.4. The third kappa shape index (κ3) is 4.74. The van der Waals surface area contributed by atoms with Crippen molar-refractivity contribution in [2.45, 2.75) is 25.9 Å². The summed E-state index contributed by atoms with van der Waals surface area (Å²) in [6.07, 6.45) is 3.05. The van der Waals surface area contributed by atoms with E-state index >= 15 is 0 Å². The van der Waals surface area contributed by atoms with Crippen molar-refractivity contribution in [1.82, 2.24) is 9.88 Å². The molecule has 0 unspecified atom stereocenters. The number of amides is 1. The lowest BCUT2D eigenvalue weighted by Crippen LogP contribution is -2.22. The molecule has 1 amide bonds. The zero-order chi connectivity index (χ0) is 20.9. The maximum atomic E-state index is 13.2. The highest BCUT2D eigenvalue weighted by atomic mass is 19.1. The van der Waals surface area contributed by atoms with Crippen molar-refractivity contribution in [1.29, 1.82) is 0 Å². The fourth-order valence-corrected chi connectivity index (χ4v) is 3.58. The molecule has 1 heterocycles. The molecule has 152 valence electrons. The van der Waals surface area contributed by atoms with Crippen LogP contribution in [0.4, 0.5) is 8.78 Å². The first kappa shape index (κ1) is 19.8. The van der Waals surface area contributed by atoms with Crippen molar-refractivity contribution in [3.8, 4) is 0 Å². The first-order chi connectivity index (χ1) is 14.6. The van der Waals surface area contributed by atoms with Gasteiger partial charge in [-0.1, -0.05) is 42.5 Å². The lowest BCUT2D eigenvalue weighted by atomic mass is 10.1. The van der Waals surface area contributed by atoms with Gasteiger partial charge in [-0.3, -0.25) is 4.79 Å². The van der Waals surface area contributed by atoms with E-state index in [0.29, 0.717) is 25.9 Å². The number of fused-ring (bicyclic) bond motifs is 1. The van der Waals surface area contributed by atoms with E-state index in [0.717, 1.165) is 27.6 Å². The average Bonchev–Trinajstić information content (AvgIpc) is 3.11. The number of benzene rings is 3. The molecule has 3 nitrogen and oxygen atoms in total. The second-order valence-corrected chi connectivity index (χ2v) is 7.33. The summed E-state index contributed by atoms with van der Waals surface area (Å²) in [5.41, 5.74) is 4.06. The monoisotopic (exact) mass is 404 g/mol. The van der Waals surface area contributed by atoms with Gasteiger partial charge in [-0.25, -0.2) is 8.78 Å². The Morgan fingerprint density at radius 3 is 2.17 bits per heavy atom. The SMILES string of the molecule is O=C(CCc1cn(Cc2ccc(F)cc2)c2ccccc12)NCc1ccc(F)cc1. The van der Waals surface area contributed by atoms with Crippen LogP contribution in [0.25, 0.3) is 10.9 Å². The molecule has 0 aliphatic rings. The summed E-state index contributed by atoms with van der Waals surface area (Å²) in [4.78, 5) is 12.3. The third-order valence-corrected chi connectivity index (χ3v) is 5.16. The molecule has 0 fully saturated rings. The molecule has 0 spiro atoms. The fourth-order valence-electron chi connectivity index (χ4n) is 3.58. The Balaban J connectivity index is 1.43. The summed E-state index contributed by atoms with van der Waals surface area (Å²) in [6.45, 7) is 1.02. The molecule has 0 saturated carbocycles. The van der Waals surface area contributed by atoms with Gasteiger partial charge in [0.15, 0.2) is 0 Å². The number of aryl methyl sites for hydroxylation is 1. The van der Waals surface area contributed by atoms with Crippen LogP contribution < -0.4 is 5.32 Å². The number of carbonyl (C=O) groups is 1. The van der Waals surface area contributed by atoms with Crippen LogP contribution in [-0.4, -0.2) is 10.5 Å². The molecule has 30 heavy (non-hydrogen) atoms. The number of para-hydroxylation sites is 1. The number of hydrogen-bond donors (Lipinski definition) is 1. The van der Waals surface area contributed by atoms with E-state index in [1.807, 2.05) is 12.1 Å². The molecule has 0 aliphatic carbocycles. The highest BCUT2D eigenvalue weighted by Gasteiger charge is 2.11. The van der Waals surface area contributed by atoms with E-state index in [-0.39, 0.29) is 17.5 Å². The zero-order valence-corrected chi connectivity index (χ0v) is 16.4. The lowest BCUT2D eigenvalue weighted by molar-refractivity contribution is -0.121. The molecule has 4 aromatic rings. The van der Waals surface area contributed by atoms with Crippen LogP contribution in [0.1, 0.15) is 23.1 Å². The molecule has 0 bridgehead atoms. The van der Waals surface area contributed by atoms with Crippen LogP contribution in [0.15, 0.2) is 79.0 Å². The molecule has 3 aromatic carbocycles. The second kappa shape index (κ2) is 8.91. The number of carbonyl (C=O) groups excluding carboxylic acids is 1. The number of halogens is 2. The van der Waals surface area contributed by atoms with Gasteiger partial charge in [0.05, 0.1) is 0 Å². The average molecular weight is 404 g/mol. The summed E-state index contributed by atoms with van der Waals surface area (Å²) in [7, 11) is 0. The largest absolute Gasteiger partial charge is 0.352 e. The van der Waals surface area contributed by atoms with Crippen LogP contribution in [0.3, 0.4) is 0 Å². The van der Waals surface area contributed by atoms with E-state index in [1.165, 1.54) is 24.3 Å². The minimum absolute atomic E-state index is 0.0466. The van der Waals surface area contributed by atoms with Crippen molar-refractivity contribution < 1.29 is 13.6 Å². The smallest absolute Gasteiger partial charge is 0.220 e. The molecule has 0 aliphatic heterocycles. The molecule has 0 atom stereocenters. The highest BCUT2D eigenvalue weighted by Crippen LogP contribution is 2.23. The van der Waals surface area contributed by atoms with Crippen LogP contribution in [0, 0.1) is 11.6 Å². The second-order valence-electron chi connectivity index (χ2n) is 7.33. The molecule has 4 rings (SSSR count). The van der Waals surface area contributed by atoms with Crippen LogP contribution in [0.2, 0.25) is 0 Å². The quantitative estimate of drug-likeness (QED) is 0.450. The van der Waals surface area contributed by atoms with Gasteiger partial charge in [0.2, 0.25) is 5.91 Å². The Kier molecular flexibility index (Phi) is 5.89. The first-order valence-corrected chi connectivity index (χ1v) is 9.91. The summed E-state index contributed by atoms with van der Waals surface area (Å²) in [5, 5.41) is 4.00.